The van der Waals surface area contributed by atoms with Crippen LogP contribution in [0.25, 0.3) is 11.3 Å². The Morgan fingerprint density at radius 1 is 1.13 bits per heavy atom. The number of aromatic nitrogens is 1. The van der Waals surface area contributed by atoms with Crippen molar-refractivity contribution in [2.24, 2.45) is 0 Å². The molecule has 0 saturated heterocycles. The predicted molar refractivity (Wildman–Crippen MR) is 128 cm³/mol. The van der Waals surface area contributed by atoms with Crippen molar-refractivity contribution in [2.75, 3.05) is 24.3 Å². The molecule has 1 aromatic heterocycles. The third-order valence-corrected chi connectivity index (χ3v) is 7.00. The first-order valence-electron chi connectivity index (χ1n) is 9.05. The number of amides is 2. The van der Waals surface area contributed by atoms with Crippen molar-refractivity contribution in [3.05, 3.63) is 63.1 Å². The molecule has 164 valence electrons. The molecule has 0 atom stereocenters. The van der Waals surface area contributed by atoms with Crippen LogP contribution in [-0.4, -0.2) is 33.5 Å². The first-order chi connectivity index (χ1) is 14.6. The van der Waals surface area contributed by atoms with Crippen molar-refractivity contribution in [1.29, 1.82) is 0 Å². The van der Waals surface area contributed by atoms with Crippen LogP contribution in [0.15, 0.2) is 42.5 Å². The average molecular weight is 499 g/mol. The second kappa shape index (κ2) is 9.44. The molecule has 31 heavy (non-hydrogen) atoms. The van der Waals surface area contributed by atoms with Gasteiger partial charge in [-0.15, -0.1) is 11.3 Å². The number of thiazole rings is 1. The van der Waals surface area contributed by atoms with Gasteiger partial charge in [-0.1, -0.05) is 53.5 Å². The van der Waals surface area contributed by atoms with Crippen molar-refractivity contribution >= 4 is 61.3 Å². The largest absolute Gasteiger partial charge is 0.377 e. The lowest BCUT2D eigenvalue weighted by Gasteiger charge is -2.19. The van der Waals surface area contributed by atoms with Gasteiger partial charge in [0.15, 0.2) is 0 Å². The Morgan fingerprint density at radius 2 is 1.77 bits per heavy atom. The Labute approximate surface area is 195 Å². The third-order valence-electron chi connectivity index (χ3n) is 4.21. The first-order valence-corrected chi connectivity index (χ1v) is 12.3. The lowest BCUT2D eigenvalue weighted by atomic mass is 10.2. The van der Waals surface area contributed by atoms with Gasteiger partial charge in [0.2, 0.25) is 10.0 Å². The summed E-state index contributed by atoms with van der Waals surface area (Å²) in [7, 11) is -0.502. The minimum atomic E-state index is -4.02. The molecule has 3 rings (SSSR count). The van der Waals surface area contributed by atoms with Crippen LogP contribution in [0.3, 0.4) is 0 Å². The predicted octanol–water partition coefficient (Wildman–Crippen LogP) is 5.14. The van der Waals surface area contributed by atoms with E-state index >= 15 is 0 Å². The van der Waals surface area contributed by atoms with E-state index in [2.05, 4.69) is 10.3 Å². The number of anilines is 2. The lowest BCUT2D eigenvalue weighted by molar-refractivity contribution is 0.256. The SMILES string of the molecule is Cc1nc(-c2ccccc2)c(NC(=O)NS(=O)(=O)Cc2cc(Cl)c(Cl)cc2N(C)C)s1. The van der Waals surface area contributed by atoms with E-state index in [1.165, 1.54) is 17.4 Å². The molecular formula is C20H20Cl2N4O3S2. The second-order valence-corrected chi connectivity index (χ2v) is 10.6. The summed E-state index contributed by atoms with van der Waals surface area (Å²) in [6, 6.07) is 11.5. The molecule has 0 spiro atoms. The minimum Gasteiger partial charge on any atom is -0.377 e. The van der Waals surface area contributed by atoms with Crippen molar-refractivity contribution in [2.45, 2.75) is 12.7 Å². The van der Waals surface area contributed by atoms with Crippen LogP contribution in [0.1, 0.15) is 10.6 Å². The van der Waals surface area contributed by atoms with Crippen LogP contribution >= 0.6 is 34.5 Å². The number of rotatable bonds is 6. The van der Waals surface area contributed by atoms with E-state index in [0.29, 0.717) is 27.0 Å². The number of benzene rings is 2. The maximum Gasteiger partial charge on any atom is 0.333 e. The van der Waals surface area contributed by atoms with Gasteiger partial charge >= 0.3 is 6.03 Å². The van der Waals surface area contributed by atoms with Crippen LogP contribution in [-0.2, 0) is 15.8 Å². The van der Waals surface area contributed by atoms with Crippen molar-refractivity contribution in [3.8, 4) is 11.3 Å². The Morgan fingerprint density at radius 3 is 2.42 bits per heavy atom. The fourth-order valence-corrected chi connectivity index (χ4v) is 5.15. The fraction of sp³-hybridized carbons (Fsp3) is 0.200. The zero-order chi connectivity index (χ0) is 22.8. The monoisotopic (exact) mass is 498 g/mol. The fourth-order valence-electron chi connectivity index (χ4n) is 2.92. The molecule has 0 bridgehead atoms. The highest BCUT2D eigenvalue weighted by Gasteiger charge is 2.21. The number of carbonyl (C=O) groups is 1. The summed E-state index contributed by atoms with van der Waals surface area (Å²) < 4.78 is 27.4. The summed E-state index contributed by atoms with van der Waals surface area (Å²) in [5.41, 5.74) is 2.40. The number of halogens is 2. The molecular weight excluding hydrogens is 479 g/mol. The highest BCUT2D eigenvalue weighted by molar-refractivity contribution is 7.89. The lowest BCUT2D eigenvalue weighted by Crippen LogP contribution is -2.35. The van der Waals surface area contributed by atoms with Crippen LogP contribution in [0.4, 0.5) is 15.5 Å². The number of sulfonamides is 1. The van der Waals surface area contributed by atoms with Gasteiger partial charge in [0, 0.05) is 25.3 Å². The Balaban J connectivity index is 1.78. The summed E-state index contributed by atoms with van der Waals surface area (Å²) in [6.07, 6.45) is 0. The van der Waals surface area contributed by atoms with Gasteiger partial charge in [0.1, 0.15) is 10.7 Å². The molecule has 0 aliphatic carbocycles. The zero-order valence-corrected chi connectivity index (χ0v) is 20.1. The molecule has 0 unspecified atom stereocenters. The highest BCUT2D eigenvalue weighted by Crippen LogP contribution is 2.33. The highest BCUT2D eigenvalue weighted by atomic mass is 35.5. The van der Waals surface area contributed by atoms with E-state index in [0.717, 1.165) is 10.6 Å². The van der Waals surface area contributed by atoms with Crippen molar-refractivity contribution in [3.63, 3.8) is 0 Å². The summed E-state index contributed by atoms with van der Waals surface area (Å²) in [6.45, 7) is 1.81. The van der Waals surface area contributed by atoms with Gasteiger partial charge in [-0.25, -0.2) is 22.9 Å². The normalized spacial score (nSPS) is 11.3. The molecule has 0 saturated carbocycles. The van der Waals surface area contributed by atoms with Crippen molar-refractivity contribution in [1.82, 2.24) is 9.71 Å². The second-order valence-electron chi connectivity index (χ2n) is 6.88. The van der Waals surface area contributed by atoms with Gasteiger partial charge in [-0.3, -0.25) is 5.32 Å². The average Bonchev–Trinajstić information content (AvgIpc) is 3.04. The number of urea groups is 1. The molecule has 0 aliphatic heterocycles. The Bertz CT molecular complexity index is 1210. The van der Waals surface area contributed by atoms with E-state index in [1.807, 2.05) is 42.0 Å². The van der Waals surface area contributed by atoms with Crippen LogP contribution < -0.4 is 14.9 Å². The Hall–Kier alpha value is -2.33. The number of hydrogen-bond donors (Lipinski definition) is 2. The number of nitrogens with one attached hydrogen (secondary N) is 2. The zero-order valence-electron chi connectivity index (χ0n) is 16.9. The van der Waals surface area contributed by atoms with Crippen LogP contribution in [0.5, 0.6) is 0 Å². The number of hydrogen-bond acceptors (Lipinski definition) is 6. The number of carbonyl (C=O) groups excluding carboxylic acids is 1. The van der Waals surface area contributed by atoms with Gasteiger partial charge in [0.25, 0.3) is 0 Å². The minimum absolute atomic E-state index is 0.231. The molecule has 3 aromatic rings. The number of nitrogens with zero attached hydrogens (tertiary/aromatic N) is 2. The molecule has 0 radical (unpaired) electrons. The van der Waals surface area contributed by atoms with E-state index in [1.54, 1.807) is 25.1 Å². The molecule has 7 nitrogen and oxygen atoms in total. The molecule has 2 aromatic carbocycles. The summed E-state index contributed by atoms with van der Waals surface area (Å²) >= 11 is 13.4. The summed E-state index contributed by atoms with van der Waals surface area (Å²) in [4.78, 5) is 18.6. The molecule has 1 heterocycles. The number of aryl methyl sites for hydroxylation is 1. The van der Waals surface area contributed by atoms with E-state index < -0.39 is 21.8 Å². The van der Waals surface area contributed by atoms with E-state index in [-0.39, 0.29) is 5.02 Å². The van der Waals surface area contributed by atoms with Gasteiger partial charge in [-0.05, 0) is 24.6 Å². The molecule has 2 N–H and O–H groups in total. The van der Waals surface area contributed by atoms with Crippen LogP contribution in [0.2, 0.25) is 10.0 Å². The van der Waals surface area contributed by atoms with Crippen molar-refractivity contribution < 1.29 is 13.2 Å². The van der Waals surface area contributed by atoms with Gasteiger partial charge in [0.05, 0.1) is 20.8 Å². The topological polar surface area (TPSA) is 91.4 Å². The standard InChI is InChI=1S/C20H20Cl2N4O3S2/c1-12-23-18(13-7-5-4-6-8-13)19(30-12)24-20(27)25-31(28,29)11-14-9-15(21)16(22)10-17(14)26(2)3/h4-10H,11H2,1-3H3,(H2,24,25,27). The third kappa shape index (κ3) is 5.88. The molecule has 2 amide bonds. The van der Waals surface area contributed by atoms with E-state index in [4.69, 9.17) is 23.2 Å². The molecule has 0 aliphatic rings. The quantitative estimate of drug-likeness (QED) is 0.490. The smallest absolute Gasteiger partial charge is 0.333 e. The van der Waals surface area contributed by atoms with Gasteiger partial charge in [-0.2, -0.15) is 0 Å². The molecule has 0 fully saturated rings. The summed E-state index contributed by atoms with van der Waals surface area (Å²) in [5.74, 6) is -0.446. The van der Waals surface area contributed by atoms with E-state index in [9.17, 15) is 13.2 Å². The summed E-state index contributed by atoms with van der Waals surface area (Å²) in [5, 5.41) is 4.34. The first kappa shape index (κ1) is 23.3. The van der Waals surface area contributed by atoms with Crippen LogP contribution in [0, 0.1) is 6.92 Å². The van der Waals surface area contributed by atoms with Gasteiger partial charge < -0.3 is 4.90 Å². The maximum absolute atomic E-state index is 12.7. The maximum atomic E-state index is 12.7. The Kier molecular flexibility index (Phi) is 7.10. The molecule has 11 heteroatoms.